The number of Topliss-reactive ketones (excluding diaryl/α,β-unsaturated/α-hetero) is 1. The highest BCUT2D eigenvalue weighted by molar-refractivity contribution is 6.01. The van der Waals surface area contributed by atoms with Crippen LogP contribution < -0.4 is 16.8 Å². The molecule has 3 aromatic rings. The van der Waals surface area contributed by atoms with E-state index in [-0.39, 0.29) is 50.5 Å². The Labute approximate surface area is 364 Å². The molecule has 14 nitrogen and oxygen atoms in total. The van der Waals surface area contributed by atoms with E-state index in [1.807, 2.05) is 25.1 Å². The summed E-state index contributed by atoms with van der Waals surface area (Å²) in [5, 5.41) is 16.6. The average molecular weight is 867 g/mol. The van der Waals surface area contributed by atoms with E-state index in [0.717, 1.165) is 10.8 Å². The van der Waals surface area contributed by atoms with E-state index < -0.39 is 88.2 Å². The fourth-order valence-electron chi connectivity index (χ4n) is 11.5. The number of alkyl halides is 1. The van der Waals surface area contributed by atoms with Gasteiger partial charge in [0, 0.05) is 52.8 Å². The molecule has 0 spiro atoms. The molecule has 0 radical (unpaired) electrons. The maximum atomic E-state index is 17.7. The Bertz CT molecular complexity index is 2400. The Morgan fingerprint density at radius 1 is 1.00 bits per heavy atom. The zero-order chi connectivity index (χ0) is 45.1. The van der Waals surface area contributed by atoms with Gasteiger partial charge in [0.05, 0.1) is 31.0 Å². The second-order valence-corrected chi connectivity index (χ2v) is 18.7. The molecule has 1 amide bonds. The van der Waals surface area contributed by atoms with Crippen molar-refractivity contribution in [2.24, 2.45) is 34.1 Å². The predicted molar refractivity (Wildman–Crippen MR) is 228 cm³/mol. The Morgan fingerprint density at radius 3 is 2.46 bits per heavy atom. The van der Waals surface area contributed by atoms with Crippen molar-refractivity contribution in [2.45, 2.75) is 114 Å². The first-order valence-corrected chi connectivity index (χ1v) is 21.6. The number of nitrogens with zero attached hydrogens (tertiary/aromatic N) is 1. The number of hydrogen-bond donors (Lipinski definition) is 4. The summed E-state index contributed by atoms with van der Waals surface area (Å²) in [6.45, 7) is 6.23. The van der Waals surface area contributed by atoms with Crippen molar-refractivity contribution in [1.29, 1.82) is 0 Å². The fourth-order valence-corrected chi connectivity index (χ4v) is 11.5. The van der Waals surface area contributed by atoms with Gasteiger partial charge in [0.1, 0.15) is 6.61 Å². The van der Waals surface area contributed by atoms with Gasteiger partial charge in [-0.2, -0.15) is 0 Å². The van der Waals surface area contributed by atoms with Crippen LogP contribution in [0.4, 0.5) is 10.1 Å². The lowest BCUT2D eigenvalue weighted by Crippen LogP contribution is -2.70. The molecule has 1 saturated heterocycles. The van der Waals surface area contributed by atoms with Crippen LogP contribution in [-0.4, -0.2) is 88.0 Å². The number of carbonyl (C=O) groups is 5. The van der Waals surface area contributed by atoms with Crippen molar-refractivity contribution in [1.82, 2.24) is 4.98 Å². The maximum Gasteiger partial charge on any atom is 0.307 e. The van der Waals surface area contributed by atoms with E-state index >= 15 is 4.39 Å². The summed E-state index contributed by atoms with van der Waals surface area (Å²) < 4.78 is 41.5. The number of nitrogens with one attached hydrogen (secondary N) is 1. The van der Waals surface area contributed by atoms with Crippen LogP contribution in [-0.2, 0) is 49.5 Å². The molecule has 63 heavy (non-hydrogen) atoms. The van der Waals surface area contributed by atoms with Gasteiger partial charge >= 0.3 is 11.9 Å². The number of ether oxygens (including phenoxy) is 4. The molecule has 4 aliphatic carbocycles. The van der Waals surface area contributed by atoms with Gasteiger partial charge in [0.25, 0.3) is 0 Å². The summed E-state index contributed by atoms with van der Waals surface area (Å²) in [5.41, 5.74) is 8.71. The Hall–Kier alpha value is -5.19. The lowest BCUT2D eigenvalue weighted by atomic mass is 9.44. The summed E-state index contributed by atoms with van der Waals surface area (Å²) in [4.78, 5) is 69.8. The van der Waals surface area contributed by atoms with Gasteiger partial charge in [0.2, 0.25) is 11.7 Å². The Balaban J connectivity index is 0.842. The van der Waals surface area contributed by atoms with E-state index in [9.17, 15) is 29.1 Å². The lowest BCUT2D eigenvalue weighted by Gasteiger charge is -2.62. The van der Waals surface area contributed by atoms with Gasteiger partial charge in [-0.1, -0.05) is 48.9 Å². The number of esters is 2. The number of aliphatic hydroxyl groups excluding tert-OH is 1. The van der Waals surface area contributed by atoms with Crippen LogP contribution >= 0.6 is 0 Å². The Kier molecular flexibility index (Phi) is 11.6. The second kappa shape index (κ2) is 16.4. The van der Waals surface area contributed by atoms with E-state index in [4.69, 9.17) is 30.4 Å². The maximum absolute atomic E-state index is 17.7. The molecule has 3 saturated carbocycles. The standard InChI is InChI=1S/C48H55FN4O10/c1-44(2)62-40-21-37-36-12-10-31-18-34(54)13-15-45(31,3)47(36,49)38(55)22-46(37,4)48(40,63-44)39(56)26-61-42(58)20-32(51)19-41(57)60-25-27-5-7-28(8-6-27)35(23-50)43(59)53-33-11-9-30-24-52-16-14-29(30)17-33/h5-9,11,13-18,24,32,35-38,40,55H,10,12,19-23,25-26,50-51H2,1-4H3,(H,53,59)/t32?,35-,36+,37+,38+,40-,45+,46+,47+,48-/m1/s1. The van der Waals surface area contributed by atoms with Crippen LogP contribution in [0.25, 0.3) is 10.8 Å². The SMILES string of the molecule is CC1(C)O[C@@H]2C[C@H]3[C@@H]4CCC5=CC(=O)C=C[C@]5(C)[C@@]4(F)[C@@H](O)C[C@]3(C)[C@]2(C(=O)COC(=O)CC(N)CC(=O)OCc2ccc([C@@H](CN)C(=O)Nc3ccc4cnccc4c3)cc2)O1. The van der Waals surface area contributed by atoms with E-state index in [2.05, 4.69) is 10.3 Å². The largest absolute Gasteiger partial charge is 0.461 e. The molecular formula is C48H55FN4O10. The average Bonchev–Trinajstić information content (AvgIpc) is 3.65. The van der Waals surface area contributed by atoms with Crippen LogP contribution in [0.3, 0.4) is 0 Å². The van der Waals surface area contributed by atoms with Crippen LogP contribution in [0.1, 0.15) is 83.3 Å². The molecule has 0 bridgehead atoms. The molecule has 8 rings (SSSR count). The third-order valence-electron chi connectivity index (χ3n) is 14.5. The molecule has 334 valence electrons. The molecule has 15 heteroatoms. The number of halogens is 1. The second-order valence-electron chi connectivity index (χ2n) is 18.7. The van der Waals surface area contributed by atoms with Crippen molar-refractivity contribution in [3.05, 3.63) is 95.9 Å². The third kappa shape index (κ3) is 7.60. The van der Waals surface area contributed by atoms with Gasteiger partial charge in [0.15, 0.2) is 29.4 Å². The molecule has 2 heterocycles. The highest BCUT2D eigenvalue weighted by Gasteiger charge is 2.80. The zero-order valence-corrected chi connectivity index (χ0v) is 35.9. The number of nitrogens with two attached hydrogens (primary N) is 2. The van der Waals surface area contributed by atoms with Gasteiger partial charge in [-0.05, 0) is 99.2 Å². The van der Waals surface area contributed by atoms with Crippen LogP contribution in [0, 0.1) is 22.7 Å². The first-order chi connectivity index (χ1) is 29.8. The van der Waals surface area contributed by atoms with Gasteiger partial charge in [-0.15, -0.1) is 0 Å². The number of amides is 1. The Morgan fingerprint density at radius 2 is 1.73 bits per heavy atom. The smallest absolute Gasteiger partial charge is 0.307 e. The first-order valence-electron chi connectivity index (χ1n) is 21.6. The lowest BCUT2D eigenvalue weighted by molar-refractivity contribution is -0.246. The van der Waals surface area contributed by atoms with Crippen LogP contribution in [0.15, 0.2) is 84.7 Å². The van der Waals surface area contributed by atoms with E-state index in [1.165, 1.54) is 12.2 Å². The first kappa shape index (κ1) is 44.4. The van der Waals surface area contributed by atoms with Crippen molar-refractivity contribution in [3.8, 4) is 0 Å². The number of rotatable bonds is 13. The summed E-state index contributed by atoms with van der Waals surface area (Å²) in [6.07, 6.45) is 5.83. The highest BCUT2D eigenvalue weighted by Crippen LogP contribution is 2.72. The minimum Gasteiger partial charge on any atom is -0.461 e. The van der Waals surface area contributed by atoms with Crippen molar-refractivity contribution >= 4 is 45.9 Å². The molecule has 1 aliphatic heterocycles. The number of aromatic nitrogens is 1. The minimum absolute atomic E-state index is 0.0709. The number of pyridine rings is 1. The van der Waals surface area contributed by atoms with Crippen LogP contribution in [0.2, 0.25) is 0 Å². The molecule has 10 atom stereocenters. The quantitative estimate of drug-likeness (QED) is 0.166. The third-order valence-corrected chi connectivity index (χ3v) is 14.5. The number of anilines is 1. The zero-order valence-electron chi connectivity index (χ0n) is 35.9. The van der Waals surface area contributed by atoms with Crippen molar-refractivity contribution < 1.29 is 52.4 Å². The molecule has 6 N–H and O–H groups in total. The topological polar surface area (TPSA) is 219 Å². The fraction of sp³-hybridized carbons (Fsp3) is 0.500. The highest BCUT2D eigenvalue weighted by atomic mass is 19.1. The number of fused-ring (bicyclic) bond motifs is 8. The number of hydrogen-bond acceptors (Lipinski definition) is 13. The summed E-state index contributed by atoms with van der Waals surface area (Å²) in [6, 6.07) is 13.4. The van der Waals surface area contributed by atoms with Crippen molar-refractivity contribution in [2.75, 3.05) is 18.5 Å². The monoisotopic (exact) mass is 866 g/mol. The summed E-state index contributed by atoms with van der Waals surface area (Å²) in [7, 11) is 0. The van der Waals surface area contributed by atoms with E-state index in [0.29, 0.717) is 35.2 Å². The minimum atomic E-state index is -2.11. The molecule has 1 aromatic heterocycles. The predicted octanol–water partition coefficient (Wildman–Crippen LogP) is 5.05. The normalized spacial score (nSPS) is 32.3. The number of carbonyl (C=O) groups excluding carboxylic acids is 5. The van der Waals surface area contributed by atoms with Crippen molar-refractivity contribution in [3.63, 3.8) is 0 Å². The van der Waals surface area contributed by atoms with E-state index in [1.54, 1.807) is 69.6 Å². The molecule has 2 aromatic carbocycles. The number of ketones is 2. The van der Waals surface area contributed by atoms with Crippen LogP contribution in [0.5, 0.6) is 0 Å². The summed E-state index contributed by atoms with van der Waals surface area (Å²) in [5.74, 6) is -5.45. The number of benzene rings is 2. The van der Waals surface area contributed by atoms with Gasteiger partial charge in [-0.25, -0.2) is 4.39 Å². The molecule has 5 aliphatic rings. The number of aliphatic hydroxyl groups is 1. The molecular weight excluding hydrogens is 812 g/mol. The van der Waals surface area contributed by atoms with Gasteiger partial charge < -0.3 is 40.8 Å². The number of allylic oxidation sites excluding steroid dienone is 4. The molecule has 1 unspecified atom stereocenters. The molecule has 4 fully saturated rings. The summed E-state index contributed by atoms with van der Waals surface area (Å²) >= 11 is 0. The van der Waals surface area contributed by atoms with Gasteiger partial charge in [-0.3, -0.25) is 29.0 Å².